The first-order chi connectivity index (χ1) is 13.3. The summed E-state index contributed by atoms with van der Waals surface area (Å²) in [7, 11) is 0. The average Bonchev–Trinajstić information content (AvgIpc) is 3.27. The van der Waals surface area contributed by atoms with Crippen molar-refractivity contribution in [3.63, 3.8) is 0 Å². The number of aromatic nitrogens is 4. The number of thiophene rings is 1. The Morgan fingerprint density at radius 3 is 2.93 bits per heavy atom. The zero-order valence-electron chi connectivity index (χ0n) is 14.5. The first-order valence-corrected chi connectivity index (χ1v) is 10.7. The second-order valence-corrected chi connectivity index (χ2v) is 8.54. The third-order valence-electron chi connectivity index (χ3n) is 4.72. The minimum atomic E-state index is -0.0649. The Labute approximate surface area is 164 Å². The highest BCUT2D eigenvalue weighted by atomic mass is 32.2. The molecule has 27 heavy (non-hydrogen) atoms. The number of amides is 1. The largest absolute Gasteiger partial charge is 0.325 e. The van der Waals surface area contributed by atoms with Crippen LogP contribution in [0.5, 0.6) is 0 Å². The Morgan fingerprint density at radius 2 is 2.04 bits per heavy atom. The minimum Gasteiger partial charge on any atom is -0.325 e. The highest BCUT2D eigenvalue weighted by Crippen LogP contribution is 2.37. The summed E-state index contributed by atoms with van der Waals surface area (Å²) < 4.78 is 1.91. The van der Waals surface area contributed by atoms with Gasteiger partial charge in [0, 0.05) is 10.6 Å². The fraction of sp³-hybridized carbons (Fsp3) is 0.263. The quantitative estimate of drug-likeness (QED) is 0.530. The van der Waals surface area contributed by atoms with E-state index in [-0.39, 0.29) is 11.7 Å². The van der Waals surface area contributed by atoms with Crippen LogP contribution < -0.4 is 5.32 Å². The van der Waals surface area contributed by atoms with Gasteiger partial charge in [-0.1, -0.05) is 30.0 Å². The summed E-state index contributed by atoms with van der Waals surface area (Å²) in [5.41, 5.74) is 3.04. The average molecular weight is 396 g/mol. The second-order valence-electron chi connectivity index (χ2n) is 6.51. The number of fused-ring (bicyclic) bond motifs is 5. The van der Waals surface area contributed by atoms with Gasteiger partial charge < -0.3 is 5.32 Å². The molecule has 3 heterocycles. The van der Waals surface area contributed by atoms with Crippen molar-refractivity contribution >= 4 is 50.6 Å². The van der Waals surface area contributed by atoms with Crippen LogP contribution >= 0.6 is 23.1 Å². The van der Waals surface area contributed by atoms with E-state index >= 15 is 0 Å². The molecule has 0 fully saturated rings. The van der Waals surface area contributed by atoms with Crippen LogP contribution in [0, 0.1) is 0 Å². The van der Waals surface area contributed by atoms with Crippen molar-refractivity contribution in [1.29, 1.82) is 0 Å². The highest BCUT2D eigenvalue weighted by molar-refractivity contribution is 7.99. The molecule has 8 heteroatoms. The number of aryl methyl sites for hydroxylation is 2. The molecule has 1 aliphatic rings. The Balaban J connectivity index is 1.40. The summed E-state index contributed by atoms with van der Waals surface area (Å²) in [6.07, 6.45) is 6.47. The molecule has 1 amide bonds. The van der Waals surface area contributed by atoms with E-state index in [2.05, 4.69) is 20.5 Å². The summed E-state index contributed by atoms with van der Waals surface area (Å²) in [4.78, 5) is 19.3. The first-order valence-electron chi connectivity index (χ1n) is 8.91. The molecule has 3 aromatic heterocycles. The molecule has 1 aliphatic carbocycles. The SMILES string of the molecule is O=C(CSc1nnc2c3c4c(sc3ncn12)CCCC4)Nc1ccccc1. The second kappa shape index (κ2) is 6.94. The Bertz CT molecular complexity index is 1140. The van der Waals surface area contributed by atoms with E-state index in [1.807, 2.05) is 34.7 Å². The van der Waals surface area contributed by atoms with Crippen LogP contribution in [-0.2, 0) is 17.6 Å². The number of nitrogens with one attached hydrogen (secondary N) is 1. The maximum absolute atomic E-state index is 12.2. The molecule has 0 saturated heterocycles. The highest BCUT2D eigenvalue weighted by Gasteiger charge is 2.21. The summed E-state index contributed by atoms with van der Waals surface area (Å²) in [6.45, 7) is 0. The van der Waals surface area contributed by atoms with Gasteiger partial charge >= 0.3 is 0 Å². The molecule has 0 spiro atoms. The van der Waals surface area contributed by atoms with Gasteiger partial charge in [-0.15, -0.1) is 21.5 Å². The van der Waals surface area contributed by atoms with Crippen LogP contribution in [0.2, 0.25) is 0 Å². The number of rotatable bonds is 4. The van der Waals surface area contributed by atoms with Gasteiger partial charge in [-0.2, -0.15) is 0 Å². The van der Waals surface area contributed by atoms with Gasteiger partial charge in [-0.05, 0) is 43.4 Å². The van der Waals surface area contributed by atoms with E-state index < -0.39 is 0 Å². The van der Waals surface area contributed by atoms with E-state index in [9.17, 15) is 4.79 Å². The topological polar surface area (TPSA) is 72.2 Å². The first kappa shape index (κ1) is 16.7. The predicted molar refractivity (Wildman–Crippen MR) is 109 cm³/mol. The standard InChI is InChI=1S/C19H17N5OS2/c25-15(21-12-6-2-1-3-7-12)10-26-19-23-22-17-16-13-8-4-5-9-14(13)27-18(16)20-11-24(17)19/h1-3,6-7,11H,4-5,8-10H2,(H,21,25). The number of carbonyl (C=O) groups is 1. The number of carbonyl (C=O) groups excluding carboxylic acids is 1. The van der Waals surface area contributed by atoms with Gasteiger partial charge in [0.1, 0.15) is 11.2 Å². The molecule has 0 radical (unpaired) electrons. The van der Waals surface area contributed by atoms with Crippen molar-refractivity contribution < 1.29 is 4.79 Å². The minimum absolute atomic E-state index is 0.0649. The van der Waals surface area contributed by atoms with Gasteiger partial charge in [0.2, 0.25) is 5.91 Å². The van der Waals surface area contributed by atoms with Crippen molar-refractivity contribution in [3.05, 3.63) is 47.1 Å². The maximum atomic E-state index is 12.2. The Hall–Kier alpha value is -2.45. The fourth-order valence-electron chi connectivity index (χ4n) is 3.48. The molecule has 4 aromatic rings. The number of anilines is 1. The van der Waals surface area contributed by atoms with Crippen molar-refractivity contribution in [1.82, 2.24) is 19.6 Å². The molecule has 0 atom stereocenters. The van der Waals surface area contributed by atoms with E-state index in [0.29, 0.717) is 5.16 Å². The fourth-order valence-corrected chi connectivity index (χ4v) is 5.41. The molecule has 6 nitrogen and oxygen atoms in total. The number of hydrogen-bond acceptors (Lipinski definition) is 6. The van der Waals surface area contributed by atoms with Crippen molar-refractivity contribution in [3.8, 4) is 0 Å². The molecular formula is C19H17N5OS2. The Morgan fingerprint density at radius 1 is 1.19 bits per heavy atom. The molecule has 5 rings (SSSR count). The number of thioether (sulfide) groups is 1. The lowest BCUT2D eigenvalue weighted by Gasteiger charge is -2.10. The van der Waals surface area contributed by atoms with Crippen LogP contribution in [0.4, 0.5) is 5.69 Å². The monoisotopic (exact) mass is 395 g/mol. The predicted octanol–water partition coefficient (Wildman–Crippen LogP) is 3.95. The van der Waals surface area contributed by atoms with E-state index in [1.54, 1.807) is 17.7 Å². The number of benzene rings is 1. The van der Waals surface area contributed by atoms with Crippen molar-refractivity contribution in [2.45, 2.75) is 30.8 Å². The van der Waals surface area contributed by atoms with Crippen LogP contribution in [0.3, 0.4) is 0 Å². The van der Waals surface area contributed by atoms with E-state index in [1.165, 1.54) is 35.0 Å². The lowest BCUT2D eigenvalue weighted by Crippen LogP contribution is -2.14. The molecule has 1 aromatic carbocycles. The Kier molecular flexibility index (Phi) is 4.29. The van der Waals surface area contributed by atoms with Crippen molar-refractivity contribution in [2.75, 3.05) is 11.1 Å². The third-order valence-corrected chi connectivity index (χ3v) is 6.86. The number of para-hydroxylation sites is 1. The summed E-state index contributed by atoms with van der Waals surface area (Å²) >= 11 is 3.15. The molecule has 1 N–H and O–H groups in total. The lowest BCUT2D eigenvalue weighted by atomic mass is 9.97. The van der Waals surface area contributed by atoms with Gasteiger partial charge in [-0.3, -0.25) is 9.20 Å². The molecule has 0 aliphatic heterocycles. The summed E-state index contributed by atoms with van der Waals surface area (Å²) in [5.74, 6) is 0.208. The maximum Gasteiger partial charge on any atom is 0.234 e. The summed E-state index contributed by atoms with van der Waals surface area (Å²) in [5, 5.41) is 13.5. The lowest BCUT2D eigenvalue weighted by molar-refractivity contribution is -0.113. The molecule has 0 unspecified atom stereocenters. The number of nitrogens with zero attached hydrogens (tertiary/aromatic N) is 4. The van der Waals surface area contributed by atoms with Crippen LogP contribution in [-0.4, -0.2) is 31.2 Å². The zero-order chi connectivity index (χ0) is 18.2. The summed E-state index contributed by atoms with van der Waals surface area (Å²) in [6, 6.07) is 9.45. The number of hydrogen-bond donors (Lipinski definition) is 1. The van der Waals surface area contributed by atoms with Crippen molar-refractivity contribution in [2.24, 2.45) is 0 Å². The van der Waals surface area contributed by atoms with E-state index in [4.69, 9.17) is 0 Å². The molecular weight excluding hydrogens is 378 g/mol. The molecule has 0 saturated carbocycles. The van der Waals surface area contributed by atoms with Crippen LogP contribution in [0.25, 0.3) is 15.9 Å². The van der Waals surface area contributed by atoms with Gasteiger partial charge in [0.25, 0.3) is 0 Å². The van der Waals surface area contributed by atoms with Gasteiger partial charge in [0.05, 0.1) is 11.1 Å². The zero-order valence-corrected chi connectivity index (χ0v) is 16.1. The molecule has 0 bridgehead atoms. The normalized spacial score (nSPS) is 13.8. The van der Waals surface area contributed by atoms with Crippen LogP contribution in [0.1, 0.15) is 23.3 Å². The third kappa shape index (κ3) is 3.08. The smallest absolute Gasteiger partial charge is 0.234 e. The van der Waals surface area contributed by atoms with Crippen LogP contribution in [0.15, 0.2) is 41.8 Å². The van der Waals surface area contributed by atoms with E-state index in [0.717, 1.165) is 34.4 Å². The molecule has 136 valence electrons. The van der Waals surface area contributed by atoms with Gasteiger partial charge in [0.15, 0.2) is 10.8 Å². The van der Waals surface area contributed by atoms with Gasteiger partial charge in [-0.25, -0.2) is 4.98 Å².